The van der Waals surface area contributed by atoms with Crippen molar-refractivity contribution in [2.75, 3.05) is 46.8 Å². The molecule has 4 aliphatic carbocycles. The molecule has 6 fully saturated rings. The van der Waals surface area contributed by atoms with E-state index in [0.29, 0.717) is 54.1 Å². The topological polar surface area (TPSA) is 152 Å². The molecule has 1 aromatic rings. The fourth-order valence-corrected chi connectivity index (χ4v) is 9.33. The van der Waals surface area contributed by atoms with Crippen molar-refractivity contribution in [1.29, 1.82) is 0 Å². The number of ether oxygens (including phenoxy) is 4. The average Bonchev–Trinajstić information content (AvgIpc) is 3.26. The number of benzene rings is 1. The number of allylic oxidation sites excluding steroid dienone is 4. The number of aliphatic hydroxyl groups is 3. The average molecular weight is 905 g/mol. The highest BCUT2D eigenvalue weighted by atomic mass is 32.2. The van der Waals surface area contributed by atoms with Crippen molar-refractivity contribution in [2.24, 2.45) is 57.2 Å². The van der Waals surface area contributed by atoms with E-state index in [-0.39, 0.29) is 33.7 Å². The van der Waals surface area contributed by atoms with Crippen molar-refractivity contribution < 1.29 is 47.2 Å². The minimum absolute atomic E-state index is 0.0587. The van der Waals surface area contributed by atoms with Crippen LogP contribution in [0.1, 0.15) is 125 Å². The maximum absolute atomic E-state index is 10.5. The third-order valence-corrected chi connectivity index (χ3v) is 16.4. The maximum Gasteiger partial charge on any atom is 0.294 e. The summed E-state index contributed by atoms with van der Waals surface area (Å²) in [6.07, 6.45) is 15.7. The minimum Gasteiger partial charge on any atom is -0.400 e. The molecule has 8 unspecified atom stereocenters. The van der Waals surface area contributed by atoms with Crippen LogP contribution in [0.15, 0.2) is 78.8 Å². The van der Waals surface area contributed by atoms with Gasteiger partial charge >= 0.3 is 0 Å². The van der Waals surface area contributed by atoms with E-state index in [2.05, 4.69) is 87.8 Å². The lowest BCUT2D eigenvalue weighted by atomic mass is 9.55. The summed E-state index contributed by atoms with van der Waals surface area (Å²) < 4.78 is 52.3. The van der Waals surface area contributed by atoms with E-state index in [1.54, 1.807) is 12.1 Å². The first kappa shape index (κ1) is 56.9. The van der Waals surface area contributed by atoms with Crippen molar-refractivity contribution in [3.05, 3.63) is 79.4 Å². The van der Waals surface area contributed by atoms with Crippen molar-refractivity contribution in [3.63, 3.8) is 0 Å². The highest BCUT2D eigenvalue weighted by Crippen LogP contribution is 2.53. The molecule has 2 heterocycles. The van der Waals surface area contributed by atoms with E-state index < -0.39 is 10.1 Å². The third-order valence-electron chi connectivity index (χ3n) is 15.5. The number of aryl methyl sites for hydroxylation is 1. The molecule has 362 valence electrons. The summed E-state index contributed by atoms with van der Waals surface area (Å²) in [6.45, 7) is 39.4. The van der Waals surface area contributed by atoms with Gasteiger partial charge in [0.05, 0.1) is 18.1 Å². The zero-order valence-corrected chi connectivity index (χ0v) is 41.7. The Labute approximate surface area is 383 Å². The number of hydrogen-bond donors (Lipinski definition) is 4. The van der Waals surface area contributed by atoms with Crippen LogP contribution in [0.2, 0.25) is 0 Å². The fourth-order valence-electron chi connectivity index (χ4n) is 8.85. The van der Waals surface area contributed by atoms with Gasteiger partial charge in [-0.05, 0) is 140 Å². The van der Waals surface area contributed by atoms with Crippen LogP contribution in [0.3, 0.4) is 0 Å². The molecule has 1 aromatic carbocycles. The van der Waals surface area contributed by atoms with Crippen LogP contribution >= 0.6 is 0 Å². The van der Waals surface area contributed by atoms with Gasteiger partial charge in [-0.3, -0.25) is 4.55 Å². The van der Waals surface area contributed by atoms with Gasteiger partial charge in [-0.2, -0.15) is 8.42 Å². The van der Waals surface area contributed by atoms with Crippen LogP contribution in [0.5, 0.6) is 0 Å². The zero-order valence-electron chi connectivity index (χ0n) is 40.9. The lowest BCUT2D eigenvalue weighted by Crippen LogP contribution is -2.46. The summed E-state index contributed by atoms with van der Waals surface area (Å²) in [6, 6.07) is 5.99. The van der Waals surface area contributed by atoms with E-state index >= 15 is 0 Å². The second-order valence-electron chi connectivity index (χ2n) is 20.6. The molecule has 7 rings (SSSR count). The summed E-state index contributed by atoms with van der Waals surface area (Å²) in [5.74, 6) is 3.54. The van der Waals surface area contributed by atoms with Crippen LogP contribution in [0.4, 0.5) is 0 Å². The van der Waals surface area contributed by atoms with Gasteiger partial charge in [0, 0.05) is 33.5 Å². The lowest BCUT2D eigenvalue weighted by molar-refractivity contribution is -0.187. The molecule has 0 radical (unpaired) electrons. The molecular formula is C52H88O10S. The van der Waals surface area contributed by atoms with Gasteiger partial charge in [-0.25, -0.2) is 0 Å². The summed E-state index contributed by atoms with van der Waals surface area (Å²) >= 11 is 0. The summed E-state index contributed by atoms with van der Waals surface area (Å²) in [5, 5.41) is 24.7. The van der Waals surface area contributed by atoms with E-state index in [1.165, 1.54) is 55.4 Å². The molecule has 8 atom stereocenters. The van der Waals surface area contributed by atoms with Crippen molar-refractivity contribution >= 4 is 10.1 Å². The Hall–Kier alpha value is -2.19. The van der Waals surface area contributed by atoms with Gasteiger partial charge in [0.15, 0.2) is 12.6 Å². The zero-order chi connectivity index (χ0) is 47.8. The van der Waals surface area contributed by atoms with Gasteiger partial charge in [-0.15, -0.1) is 13.2 Å². The SMILES string of the molecule is C=C1CC(CO)C1(C)C.C=C1CC(COC2CCCCO2)C1(C)C.C=CC1CC(CO)C1(C)C.C=CC1CC(COC2CCCCO2)C1(C)C.CO.Cc1ccc(S(=O)(=O)O)cc1. The molecule has 0 spiro atoms. The first-order chi connectivity index (χ1) is 29.5. The van der Waals surface area contributed by atoms with E-state index in [0.717, 1.165) is 71.2 Å². The van der Waals surface area contributed by atoms with Crippen molar-refractivity contribution in [3.8, 4) is 0 Å². The molecule has 4 saturated carbocycles. The van der Waals surface area contributed by atoms with Gasteiger partial charge in [-0.1, -0.05) is 110 Å². The first-order valence-corrected chi connectivity index (χ1v) is 24.7. The molecule has 6 aliphatic rings. The van der Waals surface area contributed by atoms with E-state index in [9.17, 15) is 8.42 Å². The highest BCUT2D eigenvalue weighted by molar-refractivity contribution is 7.85. The number of hydrogen-bond acceptors (Lipinski definition) is 9. The van der Waals surface area contributed by atoms with Gasteiger partial charge in [0.2, 0.25) is 0 Å². The Morgan fingerprint density at radius 1 is 0.667 bits per heavy atom. The van der Waals surface area contributed by atoms with Gasteiger partial charge < -0.3 is 34.3 Å². The minimum atomic E-state index is -4.02. The van der Waals surface area contributed by atoms with Crippen LogP contribution in [0.25, 0.3) is 0 Å². The summed E-state index contributed by atoms with van der Waals surface area (Å²) in [7, 11) is -3.02. The predicted molar refractivity (Wildman–Crippen MR) is 256 cm³/mol. The van der Waals surface area contributed by atoms with Gasteiger partial charge in [0.1, 0.15) is 0 Å². The molecule has 10 nitrogen and oxygen atoms in total. The quantitative estimate of drug-likeness (QED) is 0.125. The fraction of sp³-hybridized carbons (Fsp3) is 0.731. The lowest BCUT2D eigenvalue weighted by Gasteiger charge is -2.51. The Kier molecular flexibility index (Phi) is 23.2. The first-order valence-electron chi connectivity index (χ1n) is 23.2. The summed E-state index contributed by atoms with van der Waals surface area (Å²) in [5.41, 5.74) is 4.72. The predicted octanol–water partition coefficient (Wildman–Crippen LogP) is 10.8. The van der Waals surface area contributed by atoms with Crippen LogP contribution < -0.4 is 0 Å². The molecular weight excluding hydrogens is 817 g/mol. The highest BCUT2D eigenvalue weighted by Gasteiger charge is 2.47. The molecule has 0 bridgehead atoms. The monoisotopic (exact) mass is 905 g/mol. The number of rotatable bonds is 11. The maximum atomic E-state index is 10.5. The van der Waals surface area contributed by atoms with E-state index in [1.807, 2.05) is 13.0 Å². The van der Waals surface area contributed by atoms with Crippen LogP contribution in [-0.4, -0.2) is 87.6 Å². The van der Waals surface area contributed by atoms with Crippen LogP contribution in [0, 0.1) is 64.1 Å². The molecule has 0 amide bonds. The molecule has 63 heavy (non-hydrogen) atoms. The molecule has 2 aliphatic heterocycles. The van der Waals surface area contributed by atoms with Crippen molar-refractivity contribution in [1.82, 2.24) is 0 Å². The Morgan fingerprint density at radius 2 is 1.06 bits per heavy atom. The van der Waals surface area contributed by atoms with Gasteiger partial charge in [0.25, 0.3) is 10.1 Å². The van der Waals surface area contributed by atoms with Crippen molar-refractivity contribution in [2.45, 2.75) is 144 Å². The summed E-state index contributed by atoms with van der Waals surface area (Å²) in [4.78, 5) is -0.0666. The Bertz CT molecular complexity index is 1650. The molecule has 11 heteroatoms. The molecule has 2 saturated heterocycles. The second kappa shape index (κ2) is 25.6. The largest absolute Gasteiger partial charge is 0.400 e. The molecule has 4 N–H and O–H groups in total. The van der Waals surface area contributed by atoms with E-state index in [4.69, 9.17) is 38.8 Å². The third kappa shape index (κ3) is 16.0. The molecule has 0 aromatic heterocycles. The second-order valence-corrected chi connectivity index (χ2v) is 22.0. The normalized spacial score (nSPS) is 30.4. The Morgan fingerprint density at radius 3 is 1.37 bits per heavy atom. The van der Waals surface area contributed by atoms with Crippen LogP contribution in [-0.2, 0) is 29.1 Å². The standard InChI is InChI=1S/C14H24O2.C13H22O2.C9H16O.C8H14O.C7H8O3S.CH4O/c1-4-11-9-12(14(11,2)3)10-16-13-7-5-6-8-15-13;1-10-8-11(13(10,2)3)9-15-12-6-4-5-7-14-12;1-4-7-5-8(6-10)9(7,2)3;1-6-4-7(5-9)8(6,2)3;1-6-2-4-7(5-3-6)11(8,9)10;1-2/h4,11-13H,1,5-10H2,2-3H3;11-12H,1,4-9H2,2-3H3;4,7-8,10H,1,5-6H2,2-3H3;7,9H,1,4-5H2,2-3H3;2-5H,1H3,(H,8,9,10);2H,1H3. The Balaban J connectivity index is 0.000000273. The number of aliphatic hydroxyl groups excluding tert-OH is 3. The smallest absolute Gasteiger partial charge is 0.294 e.